The van der Waals surface area contributed by atoms with Gasteiger partial charge in [-0.15, -0.1) is 0 Å². The van der Waals surface area contributed by atoms with Crippen molar-refractivity contribution in [3.05, 3.63) is 35.4 Å². The average molecular weight is 339 g/mol. The van der Waals surface area contributed by atoms with Gasteiger partial charge in [-0.1, -0.05) is 43.2 Å². The fourth-order valence-electron chi connectivity index (χ4n) is 3.40. The van der Waals surface area contributed by atoms with Crippen molar-refractivity contribution < 1.29 is 8.42 Å². The maximum atomic E-state index is 12.2. The van der Waals surface area contributed by atoms with E-state index in [0.29, 0.717) is 12.6 Å². The third-order valence-corrected chi connectivity index (χ3v) is 5.96. The normalized spacial score (nSPS) is 19.8. The lowest BCUT2D eigenvalue weighted by molar-refractivity contribution is 0.143. The molecular weight excluding hydrogens is 308 g/mol. The minimum atomic E-state index is -3.24. The van der Waals surface area contributed by atoms with E-state index in [0.717, 1.165) is 30.6 Å². The van der Waals surface area contributed by atoms with Crippen LogP contribution in [-0.4, -0.2) is 39.0 Å². The molecule has 1 aromatic rings. The number of hydrogen-bond donors (Lipinski definition) is 1. The SMILES string of the molecule is CC[C@@H]1CCCCN1CCCNS(=O)(=O)Cc1cccc(C)c1. The lowest BCUT2D eigenvalue weighted by atomic mass is 10.00. The van der Waals surface area contributed by atoms with Gasteiger partial charge in [0.05, 0.1) is 5.75 Å². The lowest BCUT2D eigenvalue weighted by Crippen LogP contribution is -2.40. The highest BCUT2D eigenvalue weighted by Crippen LogP contribution is 2.19. The Morgan fingerprint density at radius 1 is 1.30 bits per heavy atom. The molecule has 0 aromatic heterocycles. The van der Waals surface area contributed by atoms with Gasteiger partial charge in [0.2, 0.25) is 10.0 Å². The minimum Gasteiger partial charge on any atom is -0.300 e. The second-order valence-electron chi connectivity index (χ2n) is 6.59. The van der Waals surface area contributed by atoms with E-state index in [1.807, 2.05) is 31.2 Å². The van der Waals surface area contributed by atoms with Crippen LogP contribution >= 0.6 is 0 Å². The second-order valence-corrected chi connectivity index (χ2v) is 8.40. The molecule has 0 saturated carbocycles. The Labute approximate surface area is 141 Å². The fraction of sp³-hybridized carbons (Fsp3) is 0.667. The quantitative estimate of drug-likeness (QED) is 0.741. The van der Waals surface area contributed by atoms with E-state index >= 15 is 0 Å². The maximum Gasteiger partial charge on any atom is 0.215 e. The Balaban J connectivity index is 1.74. The lowest BCUT2D eigenvalue weighted by Gasteiger charge is -2.35. The number of nitrogens with one attached hydrogen (secondary N) is 1. The van der Waals surface area contributed by atoms with Gasteiger partial charge in [-0.25, -0.2) is 13.1 Å². The Hall–Kier alpha value is -0.910. The summed E-state index contributed by atoms with van der Waals surface area (Å²) in [5, 5.41) is 0. The van der Waals surface area contributed by atoms with Gasteiger partial charge in [0.25, 0.3) is 0 Å². The summed E-state index contributed by atoms with van der Waals surface area (Å²) in [5.74, 6) is 0.0655. The molecule has 1 fully saturated rings. The predicted molar refractivity (Wildman–Crippen MR) is 95.9 cm³/mol. The summed E-state index contributed by atoms with van der Waals surface area (Å²) in [4.78, 5) is 2.53. The third-order valence-electron chi connectivity index (χ3n) is 4.60. The summed E-state index contributed by atoms with van der Waals surface area (Å²) >= 11 is 0. The van der Waals surface area contributed by atoms with Crippen molar-refractivity contribution in [3.63, 3.8) is 0 Å². The molecule has 1 heterocycles. The molecule has 0 aliphatic carbocycles. The zero-order valence-electron chi connectivity index (χ0n) is 14.4. The van der Waals surface area contributed by atoms with Gasteiger partial charge in [-0.3, -0.25) is 0 Å². The molecule has 1 aliphatic rings. The highest BCUT2D eigenvalue weighted by molar-refractivity contribution is 7.88. The van der Waals surface area contributed by atoms with Crippen LogP contribution in [0.25, 0.3) is 0 Å². The van der Waals surface area contributed by atoms with Crippen molar-refractivity contribution in [1.82, 2.24) is 9.62 Å². The first-order valence-electron chi connectivity index (χ1n) is 8.77. The Bertz CT molecular complexity index is 586. The Morgan fingerprint density at radius 3 is 2.87 bits per heavy atom. The first-order valence-corrected chi connectivity index (χ1v) is 10.4. The molecule has 1 saturated heterocycles. The van der Waals surface area contributed by atoms with Crippen LogP contribution in [0, 0.1) is 6.92 Å². The number of benzene rings is 1. The smallest absolute Gasteiger partial charge is 0.215 e. The van der Waals surface area contributed by atoms with Crippen molar-refractivity contribution in [1.29, 1.82) is 0 Å². The van der Waals surface area contributed by atoms with E-state index in [1.54, 1.807) is 0 Å². The van der Waals surface area contributed by atoms with Crippen molar-refractivity contribution in [2.75, 3.05) is 19.6 Å². The van der Waals surface area contributed by atoms with Crippen molar-refractivity contribution in [2.45, 2.75) is 57.7 Å². The molecule has 2 rings (SSSR count). The van der Waals surface area contributed by atoms with E-state index in [-0.39, 0.29) is 5.75 Å². The molecule has 0 radical (unpaired) electrons. The molecule has 4 nitrogen and oxygen atoms in total. The van der Waals surface area contributed by atoms with E-state index in [1.165, 1.54) is 25.7 Å². The van der Waals surface area contributed by atoms with Gasteiger partial charge in [0, 0.05) is 12.6 Å². The molecule has 0 spiro atoms. The predicted octanol–water partition coefficient (Wildman–Crippen LogP) is 3.07. The molecule has 0 bridgehead atoms. The molecule has 1 N–H and O–H groups in total. The van der Waals surface area contributed by atoms with Gasteiger partial charge < -0.3 is 4.90 Å². The largest absolute Gasteiger partial charge is 0.300 e. The summed E-state index contributed by atoms with van der Waals surface area (Å²) < 4.78 is 27.1. The first-order chi connectivity index (χ1) is 11.0. The average Bonchev–Trinajstić information content (AvgIpc) is 2.51. The number of aryl methyl sites for hydroxylation is 1. The second kappa shape index (κ2) is 8.81. The molecule has 1 aliphatic heterocycles. The van der Waals surface area contributed by atoms with Gasteiger partial charge in [-0.2, -0.15) is 0 Å². The first kappa shape index (κ1) is 18.4. The number of sulfonamides is 1. The molecule has 130 valence electrons. The van der Waals surface area contributed by atoms with E-state index < -0.39 is 10.0 Å². The standard InChI is InChI=1S/C18H30N2O2S/c1-3-18-10-4-5-12-20(18)13-7-11-19-23(21,22)15-17-9-6-8-16(2)14-17/h6,8-9,14,18-19H,3-5,7,10-13,15H2,1-2H3/t18-/m1/s1. The van der Waals surface area contributed by atoms with E-state index in [4.69, 9.17) is 0 Å². The summed E-state index contributed by atoms with van der Waals surface area (Å²) in [6.07, 6.45) is 5.96. The summed E-state index contributed by atoms with van der Waals surface area (Å²) in [6.45, 7) is 6.90. The van der Waals surface area contributed by atoms with E-state index in [2.05, 4.69) is 16.5 Å². The number of nitrogens with zero attached hydrogens (tertiary/aromatic N) is 1. The summed E-state index contributed by atoms with van der Waals surface area (Å²) in [7, 11) is -3.24. The molecule has 5 heteroatoms. The molecule has 23 heavy (non-hydrogen) atoms. The van der Waals surface area contributed by atoms with Crippen LogP contribution in [0.4, 0.5) is 0 Å². The topological polar surface area (TPSA) is 49.4 Å². The zero-order valence-corrected chi connectivity index (χ0v) is 15.2. The van der Waals surface area contributed by atoms with E-state index in [9.17, 15) is 8.42 Å². The third kappa shape index (κ3) is 6.24. The van der Waals surface area contributed by atoms with Crippen LogP contribution in [0.1, 0.15) is 50.2 Å². The number of likely N-dealkylation sites (tertiary alicyclic amines) is 1. The molecule has 1 aromatic carbocycles. The van der Waals surface area contributed by atoms with Crippen LogP contribution in [0.5, 0.6) is 0 Å². The highest BCUT2D eigenvalue weighted by Gasteiger charge is 2.20. The van der Waals surface area contributed by atoms with Gasteiger partial charge in [-0.05, 0) is 51.3 Å². The van der Waals surface area contributed by atoms with Crippen LogP contribution in [0.2, 0.25) is 0 Å². The van der Waals surface area contributed by atoms with Crippen molar-refractivity contribution >= 4 is 10.0 Å². The molecule has 0 amide bonds. The molecule has 1 atom stereocenters. The number of piperidine rings is 1. The van der Waals surface area contributed by atoms with Crippen LogP contribution < -0.4 is 4.72 Å². The minimum absolute atomic E-state index is 0.0655. The summed E-state index contributed by atoms with van der Waals surface area (Å²) in [5.41, 5.74) is 1.94. The van der Waals surface area contributed by atoms with Crippen LogP contribution in [0.15, 0.2) is 24.3 Å². The number of hydrogen-bond acceptors (Lipinski definition) is 3. The molecular formula is C18H30N2O2S. The zero-order chi connectivity index (χ0) is 16.7. The number of rotatable bonds is 8. The van der Waals surface area contributed by atoms with Crippen LogP contribution in [0.3, 0.4) is 0 Å². The Morgan fingerprint density at radius 2 is 2.13 bits per heavy atom. The molecule has 0 unspecified atom stereocenters. The van der Waals surface area contributed by atoms with Gasteiger partial charge in [0.15, 0.2) is 0 Å². The summed E-state index contributed by atoms with van der Waals surface area (Å²) in [6, 6.07) is 8.37. The highest BCUT2D eigenvalue weighted by atomic mass is 32.2. The Kier molecular flexibility index (Phi) is 7.06. The monoisotopic (exact) mass is 338 g/mol. The van der Waals surface area contributed by atoms with Crippen molar-refractivity contribution in [2.24, 2.45) is 0 Å². The maximum absolute atomic E-state index is 12.2. The van der Waals surface area contributed by atoms with Crippen LogP contribution in [-0.2, 0) is 15.8 Å². The van der Waals surface area contributed by atoms with Gasteiger partial charge >= 0.3 is 0 Å². The van der Waals surface area contributed by atoms with Gasteiger partial charge in [0.1, 0.15) is 0 Å². The fourth-order valence-corrected chi connectivity index (χ4v) is 4.57. The van der Waals surface area contributed by atoms with Crippen molar-refractivity contribution in [3.8, 4) is 0 Å².